The van der Waals surface area contributed by atoms with Crippen molar-refractivity contribution in [2.45, 2.75) is 31.7 Å². The second kappa shape index (κ2) is 20.3. The van der Waals surface area contributed by atoms with Crippen LogP contribution in [-0.4, -0.2) is 118 Å². The minimum atomic E-state index is -0.732. The van der Waals surface area contributed by atoms with E-state index in [2.05, 4.69) is 32.1 Å². The number of nitrogens with one attached hydrogen (secondary N) is 1. The normalized spacial score (nSPS) is 15.2. The van der Waals surface area contributed by atoms with Crippen molar-refractivity contribution in [1.29, 1.82) is 0 Å². The summed E-state index contributed by atoms with van der Waals surface area (Å²) in [5, 5.41) is 23.6. The topological polar surface area (TPSA) is 143 Å². The van der Waals surface area contributed by atoms with Crippen LogP contribution < -0.4 is 19.9 Å². The third kappa shape index (κ3) is 10.5. The highest BCUT2D eigenvalue weighted by molar-refractivity contribution is 7.22. The van der Waals surface area contributed by atoms with Crippen molar-refractivity contribution in [3.05, 3.63) is 96.1 Å². The molecule has 310 valence electrons. The molecule has 5 aromatic rings. The summed E-state index contributed by atoms with van der Waals surface area (Å²) >= 11 is 1.54. The average molecular weight is 820 g/mol. The molecule has 1 aromatic heterocycles. The fourth-order valence-corrected chi connectivity index (χ4v) is 8.88. The lowest BCUT2D eigenvalue weighted by molar-refractivity contribution is -0.112. The summed E-state index contributed by atoms with van der Waals surface area (Å²) in [5.74, 6) is 2.04. The number of amides is 1. The second-order valence-corrected chi connectivity index (χ2v) is 16.1. The zero-order valence-corrected chi connectivity index (χ0v) is 34.7. The number of phenolic OH excluding ortho intramolecular Hbond substituents is 2. The third-order valence-corrected chi connectivity index (χ3v) is 12.2. The highest BCUT2D eigenvalue weighted by atomic mass is 32.1. The van der Waals surface area contributed by atoms with Crippen molar-refractivity contribution >= 4 is 57.6 Å². The molecule has 12 nitrogen and oxygen atoms in total. The molecule has 3 N–H and O–H groups in total. The van der Waals surface area contributed by atoms with Gasteiger partial charge in [-0.2, -0.15) is 0 Å². The van der Waals surface area contributed by atoms with Gasteiger partial charge in [-0.05, 0) is 130 Å². The molecule has 0 saturated carbocycles. The highest BCUT2D eigenvalue weighted by Gasteiger charge is 2.27. The molecule has 2 fully saturated rings. The zero-order chi connectivity index (χ0) is 41.9. The number of nitrogens with zero attached hydrogens (tertiary/aromatic N) is 4. The maximum absolute atomic E-state index is 13.2. The van der Waals surface area contributed by atoms with Crippen LogP contribution in [0.4, 0.5) is 11.4 Å². The van der Waals surface area contributed by atoms with Crippen LogP contribution in [0.15, 0.2) is 84.9 Å². The Hall–Kier alpha value is -5.76. The monoisotopic (exact) mass is 819 g/mol. The summed E-state index contributed by atoms with van der Waals surface area (Å²) in [6, 6.07) is 25.1. The molecular formula is C46H53N5O7S. The SMILES string of the molecule is CN(C(=O)c1ccc(N2CCN(CC3CCN(c4ccc(Oc5c(-c6ccc(O)cc6)sc6cc(O)ccc56)cc4)CC3)CC2)cc1C=O)C(C=O)CCC=O.CNC. The Morgan fingerprint density at radius 2 is 1.49 bits per heavy atom. The molecule has 2 aliphatic rings. The molecule has 1 amide bonds. The number of rotatable bonds is 14. The lowest BCUT2D eigenvalue weighted by Gasteiger charge is -2.40. The van der Waals surface area contributed by atoms with Crippen molar-refractivity contribution in [3.63, 3.8) is 0 Å². The molecule has 59 heavy (non-hydrogen) atoms. The summed E-state index contributed by atoms with van der Waals surface area (Å²) in [5.41, 5.74) is 3.52. The first-order valence-corrected chi connectivity index (χ1v) is 20.9. The van der Waals surface area contributed by atoms with E-state index in [9.17, 15) is 29.4 Å². The average Bonchev–Trinajstić information content (AvgIpc) is 3.61. The van der Waals surface area contributed by atoms with Crippen LogP contribution >= 0.6 is 11.3 Å². The summed E-state index contributed by atoms with van der Waals surface area (Å²) in [6.07, 6.45) is 4.70. The van der Waals surface area contributed by atoms with Gasteiger partial charge >= 0.3 is 0 Å². The first-order valence-electron chi connectivity index (χ1n) is 20.0. The summed E-state index contributed by atoms with van der Waals surface area (Å²) < 4.78 is 7.43. The van der Waals surface area contributed by atoms with Crippen molar-refractivity contribution < 1.29 is 34.1 Å². The van der Waals surface area contributed by atoms with E-state index in [0.29, 0.717) is 18.5 Å². The number of piperazine rings is 1. The first-order chi connectivity index (χ1) is 28.7. The molecule has 0 bridgehead atoms. The number of fused-ring (bicyclic) bond motifs is 1. The molecule has 13 heteroatoms. The molecule has 7 rings (SSSR count). The predicted octanol–water partition coefficient (Wildman–Crippen LogP) is 7.08. The second-order valence-electron chi connectivity index (χ2n) is 15.1. The van der Waals surface area contributed by atoms with Crippen LogP contribution in [0.25, 0.3) is 20.5 Å². The standard InChI is InChI=1S/C44H46N4O7S.C2H7N/c1-45(35(29-51)3-2-24-49)44(54)39-14-8-34(25-32(39)28-50)48-22-20-46(21-23-48)27-30-16-18-47(19-17-30)33-6-12-38(13-7-33)55-42-40-15-11-37(53)26-41(40)56-43(42)31-4-9-36(52)10-5-31;1-3-2/h4-15,24-26,28-30,35,52-53H,2-3,16-23,27H2,1H3;3H,1-2H3. The Morgan fingerprint density at radius 3 is 2.14 bits per heavy atom. The van der Waals surface area contributed by atoms with Gasteiger partial charge in [0.05, 0.1) is 16.5 Å². The van der Waals surface area contributed by atoms with E-state index in [1.54, 1.807) is 47.7 Å². The number of aldehydes is 3. The minimum Gasteiger partial charge on any atom is -0.508 e. The summed E-state index contributed by atoms with van der Waals surface area (Å²) in [7, 11) is 5.27. The van der Waals surface area contributed by atoms with Crippen LogP contribution in [0, 0.1) is 5.92 Å². The number of thiophene rings is 1. The molecule has 0 radical (unpaired) electrons. The van der Waals surface area contributed by atoms with Gasteiger partial charge in [-0.3, -0.25) is 14.5 Å². The molecule has 1 atom stereocenters. The van der Waals surface area contributed by atoms with Crippen molar-refractivity contribution in [2.75, 3.05) is 76.8 Å². The Balaban J connectivity index is 0.00000189. The van der Waals surface area contributed by atoms with Crippen molar-refractivity contribution in [1.82, 2.24) is 15.1 Å². The number of ether oxygens (including phenoxy) is 1. The van der Waals surface area contributed by atoms with E-state index in [4.69, 9.17) is 4.74 Å². The van der Waals surface area contributed by atoms with E-state index in [-0.39, 0.29) is 35.5 Å². The zero-order valence-electron chi connectivity index (χ0n) is 33.9. The Labute approximate surface area is 349 Å². The van der Waals surface area contributed by atoms with Crippen molar-refractivity contribution in [3.8, 4) is 33.4 Å². The fourth-order valence-electron chi connectivity index (χ4n) is 7.71. The lowest BCUT2D eigenvalue weighted by atomic mass is 9.95. The lowest BCUT2D eigenvalue weighted by Crippen LogP contribution is -2.49. The van der Waals surface area contributed by atoms with E-state index in [1.807, 2.05) is 50.5 Å². The number of carbonyl (C=O) groups is 4. The molecule has 0 spiro atoms. The van der Waals surface area contributed by atoms with Crippen LogP contribution in [0.1, 0.15) is 46.4 Å². The molecule has 2 saturated heterocycles. The number of benzene rings is 4. The first kappa shape index (κ1) is 42.8. The summed E-state index contributed by atoms with van der Waals surface area (Å²) in [4.78, 5) is 57.0. The Kier molecular flexibility index (Phi) is 14.7. The third-order valence-electron chi connectivity index (χ3n) is 11.0. The number of aromatic hydroxyl groups is 2. The highest BCUT2D eigenvalue weighted by Crippen LogP contribution is 2.47. The van der Waals surface area contributed by atoms with Gasteiger partial charge in [0.25, 0.3) is 5.91 Å². The van der Waals surface area contributed by atoms with Gasteiger partial charge in [0.1, 0.15) is 29.8 Å². The molecule has 3 heterocycles. The van der Waals surface area contributed by atoms with Crippen LogP contribution in [0.5, 0.6) is 23.0 Å². The van der Waals surface area contributed by atoms with E-state index < -0.39 is 11.9 Å². The van der Waals surface area contributed by atoms with Gasteiger partial charge in [0.15, 0.2) is 12.0 Å². The number of carbonyl (C=O) groups excluding carboxylic acids is 4. The number of hydrogen-bond acceptors (Lipinski definition) is 12. The molecular weight excluding hydrogens is 767 g/mol. The van der Waals surface area contributed by atoms with E-state index >= 15 is 0 Å². The molecule has 2 aliphatic heterocycles. The van der Waals surface area contributed by atoms with E-state index in [1.165, 1.54) is 17.6 Å². The van der Waals surface area contributed by atoms with Crippen LogP contribution in [-0.2, 0) is 9.59 Å². The molecule has 4 aromatic carbocycles. The largest absolute Gasteiger partial charge is 0.508 e. The van der Waals surface area contributed by atoms with Crippen LogP contribution in [0.2, 0.25) is 0 Å². The predicted molar refractivity (Wildman–Crippen MR) is 235 cm³/mol. The quantitative estimate of drug-likeness (QED) is 0.0990. The Bertz CT molecular complexity index is 2190. The van der Waals surface area contributed by atoms with Crippen molar-refractivity contribution in [2.24, 2.45) is 5.92 Å². The molecule has 0 aliphatic carbocycles. The smallest absolute Gasteiger partial charge is 0.254 e. The number of anilines is 2. The molecule has 1 unspecified atom stereocenters. The van der Waals surface area contributed by atoms with Gasteiger partial charge in [-0.1, -0.05) is 0 Å². The van der Waals surface area contributed by atoms with E-state index in [0.717, 1.165) is 103 Å². The van der Waals surface area contributed by atoms with Gasteiger partial charge in [-0.25, -0.2) is 0 Å². The van der Waals surface area contributed by atoms with Crippen LogP contribution in [0.3, 0.4) is 0 Å². The fraction of sp³-hybridized carbons (Fsp3) is 0.348. The maximum Gasteiger partial charge on any atom is 0.254 e. The number of hydrogen-bond donors (Lipinski definition) is 3. The van der Waals surface area contributed by atoms with Gasteiger partial charge in [0.2, 0.25) is 0 Å². The van der Waals surface area contributed by atoms with Gasteiger partial charge in [0, 0.05) is 86.3 Å². The number of likely N-dealkylation sites (N-methyl/N-ethyl adjacent to an activating group) is 1. The Morgan fingerprint density at radius 1 is 0.847 bits per heavy atom. The van der Waals surface area contributed by atoms with Gasteiger partial charge in [-0.15, -0.1) is 11.3 Å². The van der Waals surface area contributed by atoms with Gasteiger partial charge < -0.3 is 44.6 Å². The number of phenols is 2. The number of piperidine rings is 1. The maximum atomic E-state index is 13.2. The summed E-state index contributed by atoms with van der Waals surface area (Å²) in [6.45, 7) is 6.46. The minimum absolute atomic E-state index is 0.173.